The topological polar surface area (TPSA) is 89.5 Å². The highest BCUT2D eigenvalue weighted by atomic mass is 32.2. The molecule has 7 heteroatoms. The van der Waals surface area contributed by atoms with Crippen LogP contribution in [-0.4, -0.2) is 32.5 Å². The maximum absolute atomic E-state index is 12.6. The monoisotopic (exact) mass is 403 g/mol. The molecule has 0 fully saturated rings. The van der Waals surface area contributed by atoms with Gasteiger partial charge in [-0.05, 0) is 30.0 Å². The van der Waals surface area contributed by atoms with Crippen molar-refractivity contribution in [2.45, 2.75) is 39.2 Å². The lowest BCUT2D eigenvalue weighted by atomic mass is 9.86. The maximum Gasteiger partial charge on any atom is 0.340 e. The molecule has 0 aliphatic heterocycles. The zero-order valence-corrected chi connectivity index (χ0v) is 17.5. The van der Waals surface area contributed by atoms with Crippen LogP contribution in [0, 0.1) is 0 Å². The van der Waals surface area contributed by atoms with E-state index in [9.17, 15) is 18.0 Å². The van der Waals surface area contributed by atoms with Crippen LogP contribution in [0.1, 0.15) is 54.0 Å². The minimum absolute atomic E-state index is 0.0318. The Labute approximate surface area is 166 Å². The van der Waals surface area contributed by atoms with Crippen LogP contribution in [0.3, 0.4) is 0 Å². The average molecular weight is 404 g/mol. The van der Waals surface area contributed by atoms with Crippen molar-refractivity contribution < 1.29 is 22.7 Å². The Morgan fingerprint density at radius 3 is 2.11 bits per heavy atom. The molecular weight excluding hydrogens is 378 g/mol. The third-order valence-electron chi connectivity index (χ3n) is 4.13. The number of esters is 1. The summed E-state index contributed by atoms with van der Waals surface area (Å²) in [6.07, 6.45) is -0.0260. The van der Waals surface area contributed by atoms with Crippen LogP contribution >= 0.6 is 0 Å². The highest BCUT2D eigenvalue weighted by molar-refractivity contribution is 7.92. The lowest BCUT2D eigenvalue weighted by Gasteiger charge is -2.19. The summed E-state index contributed by atoms with van der Waals surface area (Å²) < 4.78 is 30.5. The van der Waals surface area contributed by atoms with Crippen LogP contribution < -0.4 is 4.72 Å². The van der Waals surface area contributed by atoms with E-state index in [-0.39, 0.29) is 22.4 Å². The van der Waals surface area contributed by atoms with Crippen molar-refractivity contribution in [1.29, 1.82) is 0 Å². The van der Waals surface area contributed by atoms with Gasteiger partial charge in [0.2, 0.25) is 15.8 Å². The predicted molar refractivity (Wildman–Crippen MR) is 109 cm³/mol. The van der Waals surface area contributed by atoms with E-state index in [1.165, 1.54) is 19.1 Å². The molecule has 0 bridgehead atoms. The molecule has 2 rings (SSSR count). The Balaban J connectivity index is 2.15. The van der Waals surface area contributed by atoms with Gasteiger partial charge in [0, 0.05) is 5.56 Å². The summed E-state index contributed by atoms with van der Waals surface area (Å²) in [5, 5.41) is 0. The Hall–Kier alpha value is -2.67. The van der Waals surface area contributed by atoms with Crippen molar-refractivity contribution in [2.75, 3.05) is 11.0 Å². The first-order valence-electron chi connectivity index (χ1n) is 8.81. The van der Waals surface area contributed by atoms with E-state index in [1.54, 1.807) is 24.3 Å². The molecule has 150 valence electrons. The van der Waals surface area contributed by atoms with Gasteiger partial charge in [0.05, 0.1) is 17.5 Å². The van der Waals surface area contributed by atoms with Crippen molar-refractivity contribution >= 4 is 27.5 Å². The SMILES string of the molecule is C[C@H](OC(=O)c1ccccc1NS(C)(=O)=O)C(=O)c1ccc(C(C)(C)C)cc1. The van der Waals surface area contributed by atoms with E-state index in [1.807, 2.05) is 12.1 Å². The first-order valence-corrected chi connectivity index (χ1v) is 10.7. The molecule has 0 saturated carbocycles. The van der Waals surface area contributed by atoms with Crippen LogP contribution in [0.4, 0.5) is 5.69 Å². The molecule has 28 heavy (non-hydrogen) atoms. The van der Waals surface area contributed by atoms with Crippen LogP contribution in [0.25, 0.3) is 0 Å². The van der Waals surface area contributed by atoms with Crippen molar-refractivity contribution in [3.8, 4) is 0 Å². The maximum atomic E-state index is 12.6. The molecule has 0 unspecified atom stereocenters. The lowest BCUT2D eigenvalue weighted by molar-refractivity contribution is 0.0320. The first-order chi connectivity index (χ1) is 12.9. The molecule has 1 N–H and O–H groups in total. The highest BCUT2D eigenvalue weighted by Crippen LogP contribution is 2.23. The Bertz CT molecular complexity index is 973. The first kappa shape index (κ1) is 21.6. The number of Topliss-reactive ketones (excluding diaryl/α,β-unsaturated/α-hetero) is 1. The largest absolute Gasteiger partial charge is 0.451 e. The smallest absolute Gasteiger partial charge is 0.340 e. The number of anilines is 1. The summed E-state index contributed by atoms with van der Waals surface area (Å²) in [6, 6.07) is 13.3. The van der Waals surface area contributed by atoms with Crippen molar-refractivity contribution in [2.24, 2.45) is 0 Å². The number of carbonyl (C=O) groups excluding carboxylic acids is 2. The number of hydrogen-bond acceptors (Lipinski definition) is 5. The molecule has 0 aliphatic rings. The van der Waals surface area contributed by atoms with Gasteiger partial charge in [-0.15, -0.1) is 0 Å². The Morgan fingerprint density at radius 2 is 1.57 bits per heavy atom. The number of rotatable bonds is 6. The average Bonchev–Trinajstić information content (AvgIpc) is 2.59. The van der Waals surface area contributed by atoms with Gasteiger partial charge in [-0.25, -0.2) is 13.2 Å². The van der Waals surface area contributed by atoms with Gasteiger partial charge >= 0.3 is 5.97 Å². The summed E-state index contributed by atoms with van der Waals surface area (Å²) in [6.45, 7) is 7.73. The zero-order chi connectivity index (χ0) is 21.1. The van der Waals surface area contributed by atoms with E-state index >= 15 is 0 Å². The van der Waals surface area contributed by atoms with E-state index in [4.69, 9.17) is 4.74 Å². The summed E-state index contributed by atoms with van der Waals surface area (Å²) in [4.78, 5) is 25.1. The Morgan fingerprint density at radius 1 is 1.00 bits per heavy atom. The number of benzene rings is 2. The molecule has 0 amide bonds. The van der Waals surface area contributed by atoms with Gasteiger partial charge in [0.25, 0.3) is 0 Å². The molecule has 0 spiro atoms. The number of sulfonamides is 1. The number of hydrogen-bond donors (Lipinski definition) is 1. The molecule has 0 saturated heterocycles. The fraction of sp³-hybridized carbons (Fsp3) is 0.333. The molecule has 0 heterocycles. The predicted octanol–water partition coefficient (Wildman–Crippen LogP) is 3.78. The van der Waals surface area contributed by atoms with E-state index in [0.717, 1.165) is 11.8 Å². The number of nitrogens with one attached hydrogen (secondary N) is 1. The molecule has 0 aliphatic carbocycles. The zero-order valence-electron chi connectivity index (χ0n) is 16.6. The summed E-state index contributed by atoms with van der Waals surface area (Å²) in [7, 11) is -3.56. The number of carbonyl (C=O) groups is 2. The van der Waals surface area contributed by atoms with Gasteiger partial charge in [0.1, 0.15) is 0 Å². The second kappa shape index (κ2) is 8.14. The van der Waals surface area contributed by atoms with Crippen LogP contribution in [0.15, 0.2) is 48.5 Å². The standard InChI is InChI=1S/C21H25NO5S/c1-14(19(23)15-10-12-16(13-11-15)21(2,3)4)27-20(24)17-8-6-7-9-18(17)22-28(5,25)26/h6-14,22H,1-5H3/t14-/m0/s1. The molecule has 6 nitrogen and oxygen atoms in total. The quantitative estimate of drug-likeness (QED) is 0.586. The van der Waals surface area contributed by atoms with Crippen molar-refractivity contribution in [1.82, 2.24) is 0 Å². The number of ketones is 1. The van der Waals surface area contributed by atoms with Gasteiger partial charge in [-0.1, -0.05) is 57.2 Å². The second-order valence-electron chi connectivity index (χ2n) is 7.66. The minimum Gasteiger partial charge on any atom is -0.451 e. The van der Waals surface area contributed by atoms with E-state index in [2.05, 4.69) is 25.5 Å². The summed E-state index contributed by atoms with van der Waals surface area (Å²) in [5.41, 5.74) is 1.64. The molecule has 0 radical (unpaired) electrons. The van der Waals surface area contributed by atoms with E-state index in [0.29, 0.717) is 5.56 Å². The molecule has 2 aromatic rings. The van der Waals surface area contributed by atoms with Crippen molar-refractivity contribution in [3.05, 3.63) is 65.2 Å². The fourth-order valence-electron chi connectivity index (χ4n) is 2.60. The molecule has 2 aromatic carbocycles. The third-order valence-corrected chi connectivity index (χ3v) is 4.72. The lowest BCUT2D eigenvalue weighted by Crippen LogP contribution is -2.25. The minimum atomic E-state index is -3.56. The van der Waals surface area contributed by atoms with Gasteiger partial charge in [-0.3, -0.25) is 9.52 Å². The highest BCUT2D eigenvalue weighted by Gasteiger charge is 2.23. The van der Waals surface area contributed by atoms with E-state index < -0.39 is 22.1 Å². The molecule has 0 aromatic heterocycles. The van der Waals surface area contributed by atoms with Gasteiger partial charge < -0.3 is 4.74 Å². The van der Waals surface area contributed by atoms with Gasteiger partial charge in [-0.2, -0.15) is 0 Å². The fourth-order valence-corrected chi connectivity index (χ4v) is 3.17. The van der Waals surface area contributed by atoms with Gasteiger partial charge in [0.15, 0.2) is 6.10 Å². The van der Waals surface area contributed by atoms with Crippen LogP contribution in [0.5, 0.6) is 0 Å². The number of ether oxygens (including phenoxy) is 1. The number of para-hydroxylation sites is 1. The van der Waals surface area contributed by atoms with Crippen LogP contribution in [0.2, 0.25) is 0 Å². The summed E-state index contributed by atoms with van der Waals surface area (Å²) in [5.74, 6) is -1.11. The van der Waals surface area contributed by atoms with Crippen molar-refractivity contribution in [3.63, 3.8) is 0 Å². The summed E-state index contributed by atoms with van der Waals surface area (Å²) >= 11 is 0. The normalized spacial score (nSPS) is 12.9. The Kier molecular flexibility index (Phi) is 6.29. The van der Waals surface area contributed by atoms with Crippen LogP contribution in [-0.2, 0) is 20.2 Å². The molecule has 1 atom stereocenters. The molecular formula is C21H25NO5S. The third kappa shape index (κ3) is 5.66. The second-order valence-corrected chi connectivity index (χ2v) is 9.41.